The first-order valence-corrected chi connectivity index (χ1v) is 6.39. The first-order valence-electron chi connectivity index (χ1n) is 5.60. The third-order valence-electron chi connectivity index (χ3n) is 2.75. The predicted molar refractivity (Wildman–Crippen MR) is 68.9 cm³/mol. The molecule has 0 aliphatic carbocycles. The van der Waals surface area contributed by atoms with Crippen LogP contribution in [-0.4, -0.2) is 30.3 Å². The molecule has 1 aromatic heterocycles. The maximum Gasteiger partial charge on any atom is 0.129 e. The molecular weight excluding hydrogens is 268 g/mol. The fourth-order valence-corrected chi connectivity index (χ4v) is 2.29. The lowest BCUT2D eigenvalue weighted by Gasteiger charge is -2.36. The van der Waals surface area contributed by atoms with Crippen LogP contribution in [0.15, 0.2) is 16.6 Å². The average Bonchev–Trinajstić information content (AvgIpc) is 2.20. The monoisotopic (exact) mass is 284 g/mol. The molecule has 0 radical (unpaired) electrons. The van der Waals surface area contributed by atoms with E-state index in [0.717, 1.165) is 29.1 Å². The van der Waals surface area contributed by atoms with Gasteiger partial charge in [-0.1, -0.05) is 0 Å². The standard InChI is InChI=1S/C12H17BrN2O/c1-8-6-15(7-9(2)16-8)12-5-4-11(13)10(3)14-12/h4-5,8-9H,6-7H2,1-3H3/t8-,9+. The zero-order chi connectivity index (χ0) is 11.7. The number of morpholine rings is 1. The molecule has 2 atom stereocenters. The fraction of sp³-hybridized carbons (Fsp3) is 0.583. The first-order chi connectivity index (χ1) is 7.56. The van der Waals surface area contributed by atoms with Crippen LogP contribution < -0.4 is 4.90 Å². The lowest BCUT2D eigenvalue weighted by atomic mass is 10.2. The molecule has 2 rings (SSSR count). The summed E-state index contributed by atoms with van der Waals surface area (Å²) >= 11 is 3.47. The van der Waals surface area contributed by atoms with Crippen molar-refractivity contribution >= 4 is 21.7 Å². The summed E-state index contributed by atoms with van der Waals surface area (Å²) in [5, 5.41) is 0. The van der Waals surface area contributed by atoms with Crippen molar-refractivity contribution in [1.82, 2.24) is 4.98 Å². The molecule has 0 bridgehead atoms. The van der Waals surface area contributed by atoms with Crippen LogP contribution in [0.4, 0.5) is 5.82 Å². The lowest BCUT2D eigenvalue weighted by molar-refractivity contribution is -0.00546. The second-order valence-corrected chi connectivity index (χ2v) is 5.25. The van der Waals surface area contributed by atoms with Crippen LogP contribution in [0.2, 0.25) is 0 Å². The van der Waals surface area contributed by atoms with Gasteiger partial charge >= 0.3 is 0 Å². The molecule has 1 aliphatic rings. The fourth-order valence-electron chi connectivity index (χ4n) is 2.07. The Morgan fingerprint density at radius 3 is 2.50 bits per heavy atom. The molecule has 1 fully saturated rings. The molecule has 1 saturated heterocycles. The van der Waals surface area contributed by atoms with Gasteiger partial charge in [-0.2, -0.15) is 0 Å². The molecule has 0 saturated carbocycles. The molecular formula is C12H17BrN2O. The summed E-state index contributed by atoms with van der Waals surface area (Å²) < 4.78 is 6.77. The molecule has 3 nitrogen and oxygen atoms in total. The van der Waals surface area contributed by atoms with E-state index in [1.165, 1.54) is 0 Å². The van der Waals surface area contributed by atoms with Gasteiger partial charge < -0.3 is 9.64 Å². The Balaban J connectivity index is 2.19. The number of ether oxygens (including phenoxy) is 1. The number of halogens is 1. The smallest absolute Gasteiger partial charge is 0.129 e. The van der Waals surface area contributed by atoms with E-state index in [1.54, 1.807) is 0 Å². The van der Waals surface area contributed by atoms with E-state index in [1.807, 2.05) is 6.92 Å². The van der Waals surface area contributed by atoms with Crippen LogP contribution in [-0.2, 0) is 4.74 Å². The number of anilines is 1. The van der Waals surface area contributed by atoms with Crippen LogP contribution in [0.3, 0.4) is 0 Å². The van der Waals surface area contributed by atoms with Gasteiger partial charge in [-0.3, -0.25) is 0 Å². The van der Waals surface area contributed by atoms with Gasteiger partial charge in [0.2, 0.25) is 0 Å². The summed E-state index contributed by atoms with van der Waals surface area (Å²) in [6, 6.07) is 4.12. The third-order valence-corrected chi connectivity index (χ3v) is 3.59. The number of hydrogen-bond acceptors (Lipinski definition) is 3. The number of hydrogen-bond donors (Lipinski definition) is 0. The van der Waals surface area contributed by atoms with E-state index in [-0.39, 0.29) is 12.2 Å². The maximum atomic E-state index is 5.71. The Bertz CT molecular complexity index is 373. The average molecular weight is 285 g/mol. The van der Waals surface area contributed by atoms with Gasteiger partial charge in [0.25, 0.3) is 0 Å². The van der Waals surface area contributed by atoms with Gasteiger partial charge in [0.15, 0.2) is 0 Å². The highest BCUT2D eigenvalue weighted by Crippen LogP contribution is 2.22. The zero-order valence-electron chi connectivity index (χ0n) is 9.90. The number of aromatic nitrogens is 1. The van der Waals surface area contributed by atoms with Gasteiger partial charge in [0.1, 0.15) is 5.82 Å². The molecule has 16 heavy (non-hydrogen) atoms. The number of nitrogens with zero attached hydrogens (tertiary/aromatic N) is 2. The molecule has 0 spiro atoms. The molecule has 2 heterocycles. The minimum absolute atomic E-state index is 0.273. The largest absolute Gasteiger partial charge is 0.372 e. The summed E-state index contributed by atoms with van der Waals surface area (Å²) in [5.74, 6) is 1.04. The van der Waals surface area contributed by atoms with Crippen LogP contribution >= 0.6 is 15.9 Å². The molecule has 0 aromatic carbocycles. The van der Waals surface area contributed by atoms with E-state index in [2.05, 4.69) is 51.8 Å². The normalized spacial score (nSPS) is 25.9. The Kier molecular flexibility index (Phi) is 3.50. The highest BCUT2D eigenvalue weighted by Gasteiger charge is 2.23. The Morgan fingerprint density at radius 1 is 1.31 bits per heavy atom. The van der Waals surface area contributed by atoms with Gasteiger partial charge in [0.05, 0.1) is 17.9 Å². The number of rotatable bonds is 1. The van der Waals surface area contributed by atoms with Crippen molar-refractivity contribution in [2.45, 2.75) is 33.0 Å². The highest BCUT2D eigenvalue weighted by atomic mass is 79.9. The van der Waals surface area contributed by atoms with Gasteiger partial charge in [-0.05, 0) is 48.8 Å². The molecule has 1 aliphatic heterocycles. The van der Waals surface area contributed by atoms with Crippen LogP contribution in [0.1, 0.15) is 19.5 Å². The van der Waals surface area contributed by atoms with E-state index < -0.39 is 0 Å². The number of pyridine rings is 1. The summed E-state index contributed by atoms with van der Waals surface area (Å²) in [4.78, 5) is 6.88. The van der Waals surface area contributed by atoms with E-state index in [4.69, 9.17) is 4.74 Å². The van der Waals surface area contributed by atoms with Crippen molar-refractivity contribution in [3.8, 4) is 0 Å². The van der Waals surface area contributed by atoms with Crippen molar-refractivity contribution in [2.24, 2.45) is 0 Å². The van der Waals surface area contributed by atoms with E-state index in [0.29, 0.717) is 0 Å². The molecule has 1 aromatic rings. The minimum atomic E-state index is 0.273. The molecule has 0 amide bonds. The van der Waals surface area contributed by atoms with Gasteiger partial charge in [-0.25, -0.2) is 4.98 Å². The lowest BCUT2D eigenvalue weighted by Crippen LogP contribution is -2.45. The molecule has 4 heteroatoms. The molecule has 88 valence electrons. The Labute approximate surface area is 105 Å². The highest BCUT2D eigenvalue weighted by molar-refractivity contribution is 9.10. The van der Waals surface area contributed by atoms with Gasteiger partial charge in [-0.15, -0.1) is 0 Å². The summed E-state index contributed by atoms with van der Waals surface area (Å²) in [6.45, 7) is 8.06. The van der Waals surface area contributed by atoms with Crippen LogP contribution in [0, 0.1) is 6.92 Å². The SMILES string of the molecule is Cc1nc(N2C[C@@H](C)O[C@@H](C)C2)ccc1Br. The predicted octanol–water partition coefficient (Wildman–Crippen LogP) is 2.77. The van der Waals surface area contributed by atoms with Crippen LogP contribution in [0.5, 0.6) is 0 Å². The second-order valence-electron chi connectivity index (χ2n) is 4.40. The van der Waals surface area contributed by atoms with Crippen molar-refractivity contribution < 1.29 is 4.74 Å². The maximum absolute atomic E-state index is 5.71. The Hall–Kier alpha value is -0.610. The first kappa shape index (κ1) is 11.9. The van der Waals surface area contributed by atoms with Crippen LogP contribution in [0.25, 0.3) is 0 Å². The Morgan fingerprint density at radius 2 is 1.94 bits per heavy atom. The van der Waals surface area contributed by atoms with Crippen molar-refractivity contribution in [1.29, 1.82) is 0 Å². The molecule has 0 unspecified atom stereocenters. The van der Waals surface area contributed by atoms with Crippen molar-refractivity contribution in [3.63, 3.8) is 0 Å². The third kappa shape index (κ3) is 2.55. The van der Waals surface area contributed by atoms with Crippen molar-refractivity contribution in [3.05, 3.63) is 22.3 Å². The topological polar surface area (TPSA) is 25.4 Å². The summed E-state index contributed by atoms with van der Waals surface area (Å²) in [7, 11) is 0. The molecule has 0 N–H and O–H groups in total. The summed E-state index contributed by atoms with van der Waals surface area (Å²) in [6.07, 6.45) is 0.545. The van der Waals surface area contributed by atoms with E-state index >= 15 is 0 Å². The zero-order valence-corrected chi connectivity index (χ0v) is 11.5. The minimum Gasteiger partial charge on any atom is -0.372 e. The summed E-state index contributed by atoms with van der Waals surface area (Å²) in [5.41, 5.74) is 1.03. The quantitative estimate of drug-likeness (QED) is 0.793. The second kappa shape index (κ2) is 4.72. The van der Waals surface area contributed by atoms with Crippen molar-refractivity contribution in [2.75, 3.05) is 18.0 Å². The van der Waals surface area contributed by atoms with E-state index in [9.17, 15) is 0 Å². The number of aryl methyl sites for hydroxylation is 1. The van der Waals surface area contributed by atoms with Gasteiger partial charge in [0, 0.05) is 17.6 Å².